The number of hydrogen-bond donors (Lipinski definition) is 2. The number of halogens is 1. The minimum absolute atomic E-state index is 0.0509. The van der Waals surface area contributed by atoms with Crippen molar-refractivity contribution < 1.29 is 19.1 Å². The first-order valence-corrected chi connectivity index (χ1v) is 11.2. The molecule has 0 bridgehead atoms. The monoisotopic (exact) mass is 472 g/mol. The highest BCUT2D eigenvalue weighted by Crippen LogP contribution is 2.32. The third-order valence-electron chi connectivity index (χ3n) is 5.53. The van der Waals surface area contributed by atoms with E-state index in [2.05, 4.69) is 15.3 Å². The van der Waals surface area contributed by atoms with E-state index in [9.17, 15) is 14.0 Å². The second-order valence-corrected chi connectivity index (χ2v) is 8.40. The van der Waals surface area contributed by atoms with E-state index in [0.717, 1.165) is 16.8 Å². The number of carboxylic acids is 1. The summed E-state index contributed by atoms with van der Waals surface area (Å²) in [4.78, 5) is 32.8. The average molecular weight is 473 g/mol. The van der Waals surface area contributed by atoms with Crippen molar-refractivity contribution in [2.75, 3.05) is 5.32 Å². The van der Waals surface area contributed by atoms with Crippen LogP contribution < -0.4 is 5.32 Å². The highest BCUT2D eigenvalue weighted by molar-refractivity contribution is 6.03. The van der Waals surface area contributed by atoms with Gasteiger partial charge in [-0.3, -0.25) is 9.59 Å². The van der Waals surface area contributed by atoms with Gasteiger partial charge in [-0.1, -0.05) is 18.2 Å². The molecule has 2 heterocycles. The van der Waals surface area contributed by atoms with Crippen LogP contribution in [0.2, 0.25) is 0 Å². The summed E-state index contributed by atoms with van der Waals surface area (Å²) in [6.07, 6.45) is 2.20. The molecule has 0 spiro atoms. The van der Waals surface area contributed by atoms with Crippen LogP contribution in [0.1, 0.15) is 42.4 Å². The van der Waals surface area contributed by atoms with Gasteiger partial charge in [-0.25, -0.2) is 14.4 Å². The van der Waals surface area contributed by atoms with Gasteiger partial charge in [0.2, 0.25) is 0 Å². The molecule has 178 valence electrons. The van der Waals surface area contributed by atoms with Crippen molar-refractivity contribution in [3.63, 3.8) is 0 Å². The molecule has 0 saturated carbocycles. The van der Waals surface area contributed by atoms with Gasteiger partial charge in [0.1, 0.15) is 11.5 Å². The molecular formula is C27H25FN4O3. The number of nitrogens with one attached hydrogen (secondary N) is 1. The Morgan fingerprint density at radius 3 is 2.40 bits per heavy atom. The highest BCUT2D eigenvalue weighted by Gasteiger charge is 2.19. The van der Waals surface area contributed by atoms with Gasteiger partial charge in [0, 0.05) is 23.7 Å². The van der Waals surface area contributed by atoms with Gasteiger partial charge in [0.25, 0.3) is 5.91 Å². The van der Waals surface area contributed by atoms with Gasteiger partial charge in [0.15, 0.2) is 0 Å². The van der Waals surface area contributed by atoms with E-state index in [4.69, 9.17) is 5.11 Å². The van der Waals surface area contributed by atoms with Crippen LogP contribution in [0.15, 0.2) is 73.1 Å². The zero-order chi connectivity index (χ0) is 24.9. The first-order valence-electron chi connectivity index (χ1n) is 11.2. The molecule has 8 heteroatoms. The molecule has 2 aromatic heterocycles. The third-order valence-corrected chi connectivity index (χ3v) is 5.53. The molecule has 1 amide bonds. The number of aliphatic carboxylic acids is 1. The summed E-state index contributed by atoms with van der Waals surface area (Å²) in [6, 6.07) is 18.5. The number of hydrogen-bond acceptors (Lipinski definition) is 4. The van der Waals surface area contributed by atoms with Gasteiger partial charge in [-0.2, -0.15) is 0 Å². The molecule has 4 rings (SSSR count). The third kappa shape index (κ3) is 5.60. The fourth-order valence-electron chi connectivity index (χ4n) is 3.72. The minimum atomic E-state index is -0.852. The number of nitrogens with zero attached hydrogens (tertiary/aromatic N) is 3. The number of imidazole rings is 1. The lowest BCUT2D eigenvalue weighted by Crippen LogP contribution is -2.14. The molecule has 0 aliphatic heterocycles. The van der Waals surface area contributed by atoms with Crippen molar-refractivity contribution in [3.05, 3.63) is 90.1 Å². The van der Waals surface area contributed by atoms with Crippen LogP contribution in [0.4, 0.5) is 10.1 Å². The van der Waals surface area contributed by atoms with Crippen LogP contribution in [-0.2, 0) is 11.2 Å². The smallest absolute Gasteiger partial charge is 0.303 e. The van der Waals surface area contributed by atoms with Gasteiger partial charge >= 0.3 is 5.97 Å². The lowest BCUT2D eigenvalue weighted by molar-refractivity contribution is -0.136. The van der Waals surface area contributed by atoms with Crippen molar-refractivity contribution in [1.29, 1.82) is 0 Å². The van der Waals surface area contributed by atoms with Crippen molar-refractivity contribution >= 4 is 17.6 Å². The van der Waals surface area contributed by atoms with Crippen molar-refractivity contribution in [2.45, 2.75) is 32.7 Å². The Balaban J connectivity index is 1.61. The zero-order valence-corrected chi connectivity index (χ0v) is 19.4. The molecule has 0 radical (unpaired) electrons. The summed E-state index contributed by atoms with van der Waals surface area (Å²) in [6.45, 7) is 4.05. The SMILES string of the molecule is CC(C)n1cnc(-c2ccc(F)cc2)c1-c1cccc(C(=O)Nc2ccc(CCC(=O)O)cc2)n1. The highest BCUT2D eigenvalue weighted by atomic mass is 19.1. The van der Waals surface area contributed by atoms with Gasteiger partial charge < -0.3 is 15.0 Å². The summed E-state index contributed by atoms with van der Waals surface area (Å²) in [5.74, 6) is -1.55. The second-order valence-electron chi connectivity index (χ2n) is 8.40. The predicted molar refractivity (Wildman–Crippen MR) is 132 cm³/mol. The molecule has 2 aromatic carbocycles. The maximum absolute atomic E-state index is 13.5. The zero-order valence-electron chi connectivity index (χ0n) is 19.4. The molecule has 2 N–H and O–H groups in total. The number of aromatic nitrogens is 3. The number of benzene rings is 2. The predicted octanol–water partition coefficient (Wildman–Crippen LogP) is 5.60. The van der Waals surface area contributed by atoms with Crippen LogP contribution in [0.3, 0.4) is 0 Å². The molecule has 0 atom stereocenters. The Morgan fingerprint density at radius 2 is 1.74 bits per heavy atom. The lowest BCUT2D eigenvalue weighted by Gasteiger charge is -2.14. The Morgan fingerprint density at radius 1 is 1.03 bits per heavy atom. The fourth-order valence-corrected chi connectivity index (χ4v) is 3.72. The summed E-state index contributed by atoms with van der Waals surface area (Å²) < 4.78 is 15.4. The molecule has 0 unspecified atom stereocenters. The van der Waals surface area contributed by atoms with E-state index in [0.29, 0.717) is 23.5 Å². The topological polar surface area (TPSA) is 97.1 Å². The molecule has 0 aliphatic carbocycles. The molecule has 4 aromatic rings. The first-order chi connectivity index (χ1) is 16.8. The average Bonchev–Trinajstić information content (AvgIpc) is 3.30. The Bertz CT molecular complexity index is 1350. The first kappa shape index (κ1) is 23.8. The number of carbonyl (C=O) groups is 2. The number of aryl methyl sites for hydroxylation is 1. The Labute approximate surface area is 202 Å². The Kier molecular flexibility index (Phi) is 7.01. The molecular weight excluding hydrogens is 447 g/mol. The van der Waals surface area contributed by atoms with Crippen molar-refractivity contribution in [1.82, 2.24) is 14.5 Å². The molecule has 7 nitrogen and oxygen atoms in total. The van der Waals surface area contributed by atoms with Crippen LogP contribution >= 0.6 is 0 Å². The maximum atomic E-state index is 13.5. The summed E-state index contributed by atoms with van der Waals surface area (Å²) >= 11 is 0. The number of amides is 1. The van der Waals surface area contributed by atoms with Crippen LogP contribution in [0.25, 0.3) is 22.6 Å². The number of carboxylic acid groups (broad SMARTS) is 1. The van der Waals surface area contributed by atoms with Crippen LogP contribution in [-0.4, -0.2) is 31.5 Å². The van der Waals surface area contributed by atoms with Crippen molar-refractivity contribution in [3.8, 4) is 22.6 Å². The van der Waals surface area contributed by atoms with E-state index >= 15 is 0 Å². The molecule has 0 saturated heterocycles. The van der Waals surface area contributed by atoms with Gasteiger partial charge in [0.05, 0.1) is 23.4 Å². The van der Waals surface area contributed by atoms with Crippen LogP contribution in [0.5, 0.6) is 0 Å². The van der Waals surface area contributed by atoms with E-state index < -0.39 is 5.97 Å². The van der Waals surface area contributed by atoms with E-state index in [1.54, 1.807) is 54.9 Å². The maximum Gasteiger partial charge on any atom is 0.303 e. The van der Waals surface area contributed by atoms with E-state index in [1.165, 1.54) is 12.1 Å². The second kappa shape index (κ2) is 10.3. The van der Waals surface area contributed by atoms with Gasteiger partial charge in [-0.05, 0) is 74.4 Å². The molecule has 0 aliphatic rings. The summed E-state index contributed by atoms with van der Waals surface area (Å²) in [7, 11) is 0. The fraction of sp³-hybridized carbons (Fsp3) is 0.185. The summed E-state index contributed by atoms with van der Waals surface area (Å²) in [5.41, 5.74) is 4.41. The minimum Gasteiger partial charge on any atom is -0.481 e. The van der Waals surface area contributed by atoms with Gasteiger partial charge in [-0.15, -0.1) is 0 Å². The molecule has 0 fully saturated rings. The van der Waals surface area contributed by atoms with Crippen molar-refractivity contribution in [2.24, 2.45) is 0 Å². The van der Waals surface area contributed by atoms with Crippen LogP contribution in [0, 0.1) is 5.82 Å². The standard InChI is InChI=1S/C27H25FN4O3/c1-17(2)32-16-29-25(19-9-11-20(28)12-10-19)26(32)22-4-3-5-23(31-22)27(35)30-21-13-6-18(7-14-21)8-15-24(33)34/h3-7,9-14,16-17H,8,15H2,1-2H3,(H,30,35)(H,33,34). The number of rotatable bonds is 8. The van der Waals surface area contributed by atoms with E-state index in [1.807, 2.05) is 24.5 Å². The lowest BCUT2D eigenvalue weighted by atomic mass is 10.1. The largest absolute Gasteiger partial charge is 0.481 e. The number of pyridine rings is 1. The normalized spacial score (nSPS) is 11.0. The summed E-state index contributed by atoms with van der Waals surface area (Å²) in [5, 5.41) is 11.7. The Hall–Kier alpha value is -4.33. The van der Waals surface area contributed by atoms with E-state index in [-0.39, 0.29) is 29.9 Å². The quantitative estimate of drug-likeness (QED) is 0.348. The number of anilines is 1. The number of carbonyl (C=O) groups excluding carboxylic acids is 1. The molecule has 35 heavy (non-hydrogen) atoms.